The normalized spacial score (nSPS) is 12.8. The minimum absolute atomic E-state index is 0.291. The lowest BCUT2D eigenvalue weighted by molar-refractivity contribution is -0.150. The average Bonchev–Trinajstić information content (AvgIpc) is 2.84. The Hall–Kier alpha value is -1.85. The first kappa shape index (κ1) is 16.2. The van der Waals surface area contributed by atoms with Gasteiger partial charge in [-0.05, 0) is 27.7 Å². The summed E-state index contributed by atoms with van der Waals surface area (Å²) in [5.41, 5.74) is -0.0951. The number of carbonyl (C=O) groups excluding carboxylic acids is 2. The Balaban J connectivity index is 2.77. The molecule has 0 aliphatic carbocycles. The molecule has 20 heavy (non-hydrogen) atoms. The molecule has 1 heterocycles. The Kier molecular flexibility index (Phi) is 5.30. The maximum atomic E-state index is 11.6. The SMILES string of the molecule is CCOC(=O)C(C)c1nc(CC(C)(C)C(=O)OC)co1. The van der Waals surface area contributed by atoms with Crippen LogP contribution < -0.4 is 0 Å². The second-order valence-electron chi connectivity index (χ2n) is 5.20. The molecule has 0 aromatic carbocycles. The van der Waals surface area contributed by atoms with Crippen molar-refractivity contribution in [1.29, 1.82) is 0 Å². The predicted molar refractivity (Wildman–Crippen MR) is 71.1 cm³/mol. The summed E-state index contributed by atoms with van der Waals surface area (Å²) in [5.74, 6) is -0.974. The summed E-state index contributed by atoms with van der Waals surface area (Å²) in [4.78, 5) is 27.5. The molecule has 6 nitrogen and oxygen atoms in total. The maximum Gasteiger partial charge on any atom is 0.318 e. The Morgan fingerprint density at radius 1 is 1.45 bits per heavy atom. The molecule has 1 unspecified atom stereocenters. The van der Waals surface area contributed by atoms with E-state index in [-0.39, 0.29) is 11.9 Å². The highest BCUT2D eigenvalue weighted by atomic mass is 16.5. The lowest BCUT2D eigenvalue weighted by atomic mass is 9.88. The third kappa shape index (κ3) is 3.82. The van der Waals surface area contributed by atoms with Crippen LogP contribution in [0.2, 0.25) is 0 Å². The van der Waals surface area contributed by atoms with E-state index in [2.05, 4.69) is 4.98 Å². The van der Waals surface area contributed by atoms with Crippen LogP contribution in [0, 0.1) is 5.41 Å². The molecule has 0 aliphatic heterocycles. The number of ether oxygens (including phenoxy) is 2. The molecule has 6 heteroatoms. The van der Waals surface area contributed by atoms with Gasteiger partial charge < -0.3 is 13.9 Å². The Bertz CT molecular complexity index is 478. The first-order valence-corrected chi connectivity index (χ1v) is 6.51. The number of nitrogens with zero attached hydrogens (tertiary/aromatic N) is 1. The van der Waals surface area contributed by atoms with E-state index in [4.69, 9.17) is 13.9 Å². The first-order chi connectivity index (χ1) is 9.31. The van der Waals surface area contributed by atoms with Crippen LogP contribution in [0.5, 0.6) is 0 Å². The molecule has 112 valence electrons. The zero-order valence-corrected chi connectivity index (χ0v) is 12.6. The van der Waals surface area contributed by atoms with Gasteiger partial charge in [-0.3, -0.25) is 9.59 Å². The minimum Gasteiger partial charge on any atom is -0.469 e. The standard InChI is InChI=1S/C14H21NO5/c1-6-19-12(16)9(2)11-15-10(8-20-11)7-14(3,4)13(17)18-5/h8-9H,6-7H2,1-5H3. The van der Waals surface area contributed by atoms with Crippen LogP contribution in [0.1, 0.15) is 45.2 Å². The van der Waals surface area contributed by atoms with Crippen LogP contribution in [-0.2, 0) is 25.5 Å². The van der Waals surface area contributed by atoms with Gasteiger partial charge in [-0.2, -0.15) is 0 Å². The molecule has 0 bridgehead atoms. The van der Waals surface area contributed by atoms with Gasteiger partial charge >= 0.3 is 11.9 Å². The summed E-state index contributed by atoms with van der Waals surface area (Å²) in [7, 11) is 1.35. The summed E-state index contributed by atoms with van der Waals surface area (Å²) in [5, 5.41) is 0. The average molecular weight is 283 g/mol. The van der Waals surface area contributed by atoms with Crippen molar-refractivity contribution < 1.29 is 23.5 Å². The highest BCUT2D eigenvalue weighted by Gasteiger charge is 2.31. The fourth-order valence-corrected chi connectivity index (χ4v) is 1.77. The van der Waals surface area contributed by atoms with Crippen LogP contribution in [0.15, 0.2) is 10.7 Å². The minimum atomic E-state index is -0.698. The van der Waals surface area contributed by atoms with Crippen LogP contribution in [0.25, 0.3) is 0 Å². The second-order valence-corrected chi connectivity index (χ2v) is 5.20. The molecule has 0 saturated carbocycles. The van der Waals surface area contributed by atoms with E-state index in [0.29, 0.717) is 24.6 Å². The maximum absolute atomic E-state index is 11.6. The van der Waals surface area contributed by atoms with Crippen molar-refractivity contribution >= 4 is 11.9 Å². The van der Waals surface area contributed by atoms with Gasteiger partial charge in [-0.25, -0.2) is 4.98 Å². The van der Waals surface area contributed by atoms with Gasteiger partial charge in [-0.1, -0.05) is 0 Å². The van der Waals surface area contributed by atoms with Gasteiger partial charge in [0.2, 0.25) is 5.89 Å². The third-order valence-corrected chi connectivity index (χ3v) is 2.94. The monoisotopic (exact) mass is 283 g/mol. The highest BCUT2D eigenvalue weighted by Crippen LogP contribution is 2.24. The molecular formula is C14H21NO5. The number of carbonyl (C=O) groups is 2. The first-order valence-electron chi connectivity index (χ1n) is 6.51. The molecule has 1 aromatic heterocycles. The zero-order chi connectivity index (χ0) is 15.3. The molecule has 0 aliphatic rings. The number of oxazole rings is 1. The smallest absolute Gasteiger partial charge is 0.318 e. The van der Waals surface area contributed by atoms with Crippen molar-refractivity contribution in [3.8, 4) is 0 Å². The van der Waals surface area contributed by atoms with E-state index in [0.717, 1.165) is 0 Å². The van der Waals surface area contributed by atoms with Crippen LogP contribution in [0.3, 0.4) is 0 Å². The Morgan fingerprint density at radius 2 is 2.10 bits per heavy atom. The molecule has 1 aromatic rings. The summed E-state index contributed by atoms with van der Waals surface area (Å²) in [6, 6.07) is 0. The summed E-state index contributed by atoms with van der Waals surface area (Å²) in [6.45, 7) is 7.25. The van der Waals surface area contributed by atoms with E-state index < -0.39 is 11.3 Å². The van der Waals surface area contributed by atoms with Gasteiger partial charge in [0.1, 0.15) is 12.2 Å². The Labute approximate surface area is 118 Å². The van der Waals surface area contributed by atoms with Gasteiger partial charge in [0.25, 0.3) is 0 Å². The van der Waals surface area contributed by atoms with E-state index in [9.17, 15) is 9.59 Å². The lowest BCUT2D eigenvalue weighted by Gasteiger charge is -2.19. The van der Waals surface area contributed by atoms with Gasteiger partial charge in [0.05, 0.1) is 24.8 Å². The molecule has 1 atom stereocenters. The van der Waals surface area contributed by atoms with E-state index in [1.807, 2.05) is 0 Å². The quantitative estimate of drug-likeness (QED) is 0.744. The molecule has 0 saturated heterocycles. The van der Waals surface area contributed by atoms with Crippen molar-refractivity contribution in [2.45, 2.75) is 40.0 Å². The van der Waals surface area contributed by atoms with Crippen LogP contribution in [0.4, 0.5) is 0 Å². The topological polar surface area (TPSA) is 78.6 Å². The lowest BCUT2D eigenvalue weighted by Crippen LogP contribution is -2.28. The molecule has 0 spiro atoms. The van der Waals surface area contributed by atoms with Crippen molar-refractivity contribution in [3.05, 3.63) is 17.8 Å². The zero-order valence-electron chi connectivity index (χ0n) is 12.6. The second kappa shape index (κ2) is 6.54. The third-order valence-electron chi connectivity index (χ3n) is 2.94. The number of esters is 2. The van der Waals surface area contributed by atoms with Gasteiger partial charge in [-0.15, -0.1) is 0 Å². The summed E-state index contributed by atoms with van der Waals surface area (Å²) < 4.78 is 14.9. The molecule has 1 rings (SSSR count). The largest absolute Gasteiger partial charge is 0.469 e. The summed E-state index contributed by atoms with van der Waals surface area (Å²) in [6.07, 6.45) is 1.83. The summed E-state index contributed by atoms with van der Waals surface area (Å²) >= 11 is 0. The van der Waals surface area contributed by atoms with E-state index >= 15 is 0 Å². The van der Waals surface area contributed by atoms with Crippen molar-refractivity contribution in [3.63, 3.8) is 0 Å². The predicted octanol–water partition coefficient (Wildman–Crippen LogP) is 2.08. The number of hydrogen-bond donors (Lipinski definition) is 0. The number of methoxy groups -OCH3 is 1. The van der Waals surface area contributed by atoms with Gasteiger partial charge in [0, 0.05) is 6.42 Å². The molecule has 0 amide bonds. The van der Waals surface area contributed by atoms with Gasteiger partial charge in [0.15, 0.2) is 0 Å². The van der Waals surface area contributed by atoms with Crippen LogP contribution in [-0.4, -0.2) is 30.6 Å². The highest BCUT2D eigenvalue weighted by molar-refractivity contribution is 5.76. The van der Waals surface area contributed by atoms with Crippen molar-refractivity contribution in [2.75, 3.05) is 13.7 Å². The molecule has 0 N–H and O–H groups in total. The number of hydrogen-bond acceptors (Lipinski definition) is 6. The molecular weight excluding hydrogens is 262 g/mol. The molecule has 0 radical (unpaired) electrons. The van der Waals surface area contributed by atoms with Crippen molar-refractivity contribution in [2.24, 2.45) is 5.41 Å². The van der Waals surface area contributed by atoms with Crippen molar-refractivity contribution in [1.82, 2.24) is 4.98 Å². The van der Waals surface area contributed by atoms with E-state index in [1.54, 1.807) is 27.7 Å². The number of aromatic nitrogens is 1. The fourth-order valence-electron chi connectivity index (χ4n) is 1.77. The van der Waals surface area contributed by atoms with Crippen LogP contribution >= 0.6 is 0 Å². The fraction of sp³-hybridized carbons (Fsp3) is 0.643. The molecule has 0 fully saturated rings. The number of rotatable bonds is 6. The Morgan fingerprint density at radius 3 is 2.65 bits per heavy atom. The van der Waals surface area contributed by atoms with E-state index in [1.165, 1.54) is 13.4 Å².